The Morgan fingerprint density at radius 3 is 1.11 bits per heavy atom. The third-order valence-corrected chi connectivity index (χ3v) is 23.9. The fourth-order valence-electron chi connectivity index (χ4n) is 0.500. The average molecular weight is 176 g/mol. The van der Waals surface area contributed by atoms with E-state index >= 15 is 0 Å². The van der Waals surface area contributed by atoms with Gasteiger partial charge in [-0.05, 0) is 0 Å². The first kappa shape index (κ1) is 9.57. The molecule has 0 spiro atoms. The summed E-state index contributed by atoms with van der Waals surface area (Å²) >= 11 is 0. The largest absolute Gasteiger partial charge is 0.344 e. The molecule has 0 aliphatic heterocycles. The number of rotatable bonds is 2. The third kappa shape index (κ3) is 2.34. The van der Waals surface area contributed by atoms with E-state index in [0.29, 0.717) is 0 Å². The molecule has 54 valence electrons. The molecule has 0 aliphatic carbocycles. The molecule has 0 aromatic rings. The summed E-state index contributed by atoms with van der Waals surface area (Å²) in [7, 11) is -2.40. The van der Waals surface area contributed by atoms with Crippen LogP contribution in [-0.2, 0) is 0 Å². The highest BCUT2D eigenvalue weighted by Crippen LogP contribution is 1.97. The van der Waals surface area contributed by atoms with Crippen molar-refractivity contribution >= 4 is 24.1 Å². The highest BCUT2D eigenvalue weighted by atomic mass is 29.6. The third-order valence-electron chi connectivity index (χ3n) is 1.65. The van der Waals surface area contributed by atoms with Gasteiger partial charge in [0.25, 0.3) is 0 Å². The van der Waals surface area contributed by atoms with E-state index in [4.69, 9.17) is 10.8 Å². The minimum absolute atomic E-state index is 0.371. The van der Waals surface area contributed by atoms with Gasteiger partial charge in [-0.1, -0.05) is 26.2 Å². The van der Waals surface area contributed by atoms with Crippen LogP contribution >= 0.6 is 0 Å². The van der Waals surface area contributed by atoms with Crippen LogP contribution in [0.15, 0.2) is 0 Å². The summed E-state index contributed by atoms with van der Waals surface area (Å²) in [6.45, 7) is 8.92. The first-order valence-electron chi connectivity index (χ1n) is 3.08. The molecule has 5 heteroatoms. The van der Waals surface area contributed by atoms with E-state index in [0.717, 1.165) is 0 Å². The lowest BCUT2D eigenvalue weighted by molar-refractivity contribution is 1.64. The monoisotopic (exact) mass is 176 g/mol. The fourth-order valence-corrected chi connectivity index (χ4v) is 13.5. The number of nitrogens with two attached hydrogens (primary N) is 2. The van der Waals surface area contributed by atoms with E-state index < -0.39 is 7.43 Å². The molecule has 9 heavy (non-hydrogen) atoms. The summed E-state index contributed by atoms with van der Waals surface area (Å²) in [5.74, 6) is 0. The maximum absolute atomic E-state index is 6.01. The van der Waals surface area contributed by atoms with E-state index in [1.165, 1.54) is 0 Å². The maximum atomic E-state index is 6.01. The molecule has 4 N–H and O–H groups in total. The van der Waals surface area contributed by atoms with Gasteiger partial charge in [-0.25, -0.2) is 0 Å². The summed E-state index contributed by atoms with van der Waals surface area (Å²) < 4.78 is 0. The van der Waals surface area contributed by atoms with Crippen molar-refractivity contribution < 1.29 is 0 Å². The topological polar surface area (TPSA) is 52.0 Å². The van der Waals surface area contributed by atoms with Gasteiger partial charge in [-0.2, -0.15) is 0 Å². The van der Waals surface area contributed by atoms with Crippen molar-refractivity contribution in [2.75, 3.05) is 0 Å². The quantitative estimate of drug-likeness (QED) is 0.583. The molecule has 0 unspecified atom stereocenters. The molecule has 0 saturated heterocycles. The SMILES string of the molecule is C[Si](C)[Si](N)(N)[Si](C)C. The van der Waals surface area contributed by atoms with Gasteiger partial charge >= 0.3 is 0 Å². The Labute approximate surface area is 61.6 Å². The second-order valence-corrected chi connectivity index (χ2v) is 21.1. The van der Waals surface area contributed by atoms with E-state index in [-0.39, 0.29) is 16.6 Å². The van der Waals surface area contributed by atoms with Crippen LogP contribution in [-0.4, -0.2) is 24.1 Å². The van der Waals surface area contributed by atoms with Gasteiger partial charge in [0, 0.05) is 0 Å². The lowest BCUT2D eigenvalue weighted by Gasteiger charge is -2.27. The van der Waals surface area contributed by atoms with Crippen molar-refractivity contribution in [1.82, 2.24) is 0 Å². The zero-order valence-corrected chi connectivity index (χ0v) is 9.65. The van der Waals surface area contributed by atoms with E-state index in [1.54, 1.807) is 0 Å². The first-order chi connectivity index (χ1) is 3.89. The van der Waals surface area contributed by atoms with Crippen LogP contribution in [0.4, 0.5) is 0 Å². The van der Waals surface area contributed by atoms with Gasteiger partial charge in [0.05, 0.1) is 16.6 Å². The predicted molar refractivity (Wildman–Crippen MR) is 49.1 cm³/mol. The van der Waals surface area contributed by atoms with Crippen molar-refractivity contribution in [3.63, 3.8) is 0 Å². The van der Waals surface area contributed by atoms with Gasteiger partial charge in [0.15, 0.2) is 7.43 Å². The molecule has 2 nitrogen and oxygen atoms in total. The lowest BCUT2D eigenvalue weighted by atomic mass is 11.9. The second kappa shape index (κ2) is 3.11. The van der Waals surface area contributed by atoms with Crippen LogP contribution in [0.3, 0.4) is 0 Å². The molecule has 0 aromatic heterocycles. The van der Waals surface area contributed by atoms with Crippen LogP contribution in [0.1, 0.15) is 0 Å². The number of hydrogen-bond acceptors (Lipinski definition) is 2. The Morgan fingerprint density at radius 1 is 0.889 bits per heavy atom. The van der Waals surface area contributed by atoms with Gasteiger partial charge in [0.1, 0.15) is 0 Å². The maximum Gasteiger partial charge on any atom is 0.162 e. The Bertz CT molecular complexity index is 81.8. The van der Waals surface area contributed by atoms with Crippen molar-refractivity contribution in [2.24, 2.45) is 10.8 Å². The van der Waals surface area contributed by atoms with Gasteiger partial charge in [0.2, 0.25) is 0 Å². The molecule has 0 bridgehead atoms. The Balaban J connectivity index is 4.01. The van der Waals surface area contributed by atoms with E-state index in [1.807, 2.05) is 0 Å². The van der Waals surface area contributed by atoms with Crippen LogP contribution in [0.25, 0.3) is 0 Å². The van der Waals surface area contributed by atoms with Crippen molar-refractivity contribution in [3.8, 4) is 0 Å². The Morgan fingerprint density at radius 2 is 1.11 bits per heavy atom. The first-order valence-corrected chi connectivity index (χ1v) is 12.2. The van der Waals surface area contributed by atoms with Crippen molar-refractivity contribution in [2.45, 2.75) is 26.2 Å². The zero-order chi connectivity index (χ0) is 7.65. The van der Waals surface area contributed by atoms with Gasteiger partial charge in [-0.3, -0.25) is 0 Å². The van der Waals surface area contributed by atoms with Crippen LogP contribution < -0.4 is 10.8 Å². The molecule has 0 atom stereocenters. The minimum atomic E-state index is -1.65. The highest BCUT2D eigenvalue weighted by Gasteiger charge is 2.33. The summed E-state index contributed by atoms with van der Waals surface area (Å²) in [6.07, 6.45) is 0. The van der Waals surface area contributed by atoms with Gasteiger partial charge < -0.3 is 10.8 Å². The predicted octanol–water partition coefficient (Wildman–Crippen LogP) is 0.0116. The van der Waals surface area contributed by atoms with Crippen molar-refractivity contribution in [3.05, 3.63) is 0 Å². The van der Waals surface area contributed by atoms with E-state index in [2.05, 4.69) is 26.2 Å². The zero-order valence-electron chi connectivity index (χ0n) is 6.65. The lowest BCUT2D eigenvalue weighted by Crippen LogP contribution is -2.74. The Kier molecular flexibility index (Phi) is 3.31. The summed E-state index contributed by atoms with van der Waals surface area (Å²) in [6, 6.07) is 0. The molecule has 2 radical (unpaired) electrons. The standard InChI is InChI=1S/C4H16N2Si3/c1-7(2)9(5,6)8(3)4/h5-6H2,1-4H3. The molecule has 0 heterocycles. The van der Waals surface area contributed by atoms with Crippen LogP contribution in [0.5, 0.6) is 0 Å². The smallest absolute Gasteiger partial charge is 0.162 e. The molecular weight excluding hydrogens is 160 g/mol. The second-order valence-electron chi connectivity index (χ2n) is 2.87. The molecular formula is C4H16N2Si3. The van der Waals surface area contributed by atoms with E-state index in [9.17, 15) is 0 Å². The van der Waals surface area contributed by atoms with Crippen LogP contribution in [0.2, 0.25) is 26.2 Å². The molecule has 0 amide bonds. The average Bonchev–Trinajstić information content (AvgIpc) is 1.65. The normalized spacial score (nSPS) is 13.3. The summed E-state index contributed by atoms with van der Waals surface area (Å²) in [5, 5.41) is 12.0. The Hall–Kier alpha value is 0.571. The molecule has 0 aliphatic rings. The molecule has 0 saturated carbocycles. The minimum Gasteiger partial charge on any atom is -0.344 e. The molecule has 0 rings (SSSR count). The molecule has 0 aromatic carbocycles. The fraction of sp³-hybridized carbons (Fsp3) is 1.00. The molecule has 0 fully saturated rings. The van der Waals surface area contributed by atoms with Crippen LogP contribution in [0, 0.1) is 0 Å². The van der Waals surface area contributed by atoms with Gasteiger partial charge in [-0.15, -0.1) is 0 Å². The summed E-state index contributed by atoms with van der Waals surface area (Å²) in [5.41, 5.74) is 0. The van der Waals surface area contributed by atoms with Crippen molar-refractivity contribution in [1.29, 1.82) is 0 Å². The summed E-state index contributed by atoms with van der Waals surface area (Å²) in [4.78, 5) is 0. The highest BCUT2D eigenvalue weighted by molar-refractivity contribution is 7.56. The number of hydrogen-bond donors (Lipinski definition) is 2.